The third kappa shape index (κ3) is 17.1. The van der Waals surface area contributed by atoms with E-state index in [1.54, 1.807) is 21.3 Å². The Balaban J connectivity index is 0.000000131. The Kier molecular flexibility index (Phi) is 22.8. The first-order valence-electron chi connectivity index (χ1n) is 38.0. The van der Waals surface area contributed by atoms with Crippen LogP contribution in [0.3, 0.4) is 0 Å². The van der Waals surface area contributed by atoms with Crippen LogP contribution in [0.15, 0.2) is 121 Å². The number of nitrogens with zero attached hydrogens (tertiary/aromatic N) is 14. The third-order valence-electron chi connectivity index (χ3n) is 22.0. The smallest absolute Gasteiger partial charge is 0.207 e. The molecule has 0 amide bonds. The van der Waals surface area contributed by atoms with E-state index < -0.39 is 0 Å². The Bertz CT molecular complexity index is 4410. The molecule has 9 aromatic rings. The highest BCUT2D eigenvalue weighted by molar-refractivity contribution is 5.94. The molecule has 4 aromatic heterocycles. The highest BCUT2D eigenvalue weighted by Crippen LogP contribution is 2.45. The predicted molar refractivity (Wildman–Crippen MR) is 416 cm³/mol. The van der Waals surface area contributed by atoms with Crippen LogP contribution in [0.1, 0.15) is 154 Å². The van der Waals surface area contributed by atoms with Gasteiger partial charge in [-0.3, -0.25) is 4.90 Å². The molecule has 19 nitrogen and oxygen atoms in total. The van der Waals surface area contributed by atoms with E-state index in [2.05, 4.69) is 164 Å². The van der Waals surface area contributed by atoms with Crippen molar-refractivity contribution in [2.24, 2.45) is 5.92 Å². The van der Waals surface area contributed by atoms with Crippen molar-refractivity contribution in [2.75, 3.05) is 170 Å². The van der Waals surface area contributed by atoms with Crippen LogP contribution in [0, 0.1) is 17.8 Å². The lowest BCUT2D eigenvalue weighted by Gasteiger charge is -2.34. The molecule has 4 aliphatic heterocycles. The van der Waals surface area contributed by atoms with Crippen LogP contribution >= 0.6 is 0 Å². The van der Waals surface area contributed by atoms with E-state index >= 15 is 0 Å². The number of aliphatic hydroxyl groups is 1. The van der Waals surface area contributed by atoms with Crippen molar-refractivity contribution >= 4 is 67.4 Å². The van der Waals surface area contributed by atoms with Gasteiger partial charge >= 0.3 is 0 Å². The average molecular weight is 1390 g/mol. The zero-order valence-corrected chi connectivity index (χ0v) is 61.7. The van der Waals surface area contributed by atoms with Gasteiger partial charge in [-0.1, -0.05) is 67.4 Å². The van der Waals surface area contributed by atoms with Gasteiger partial charge in [0.25, 0.3) is 0 Å². The van der Waals surface area contributed by atoms with Gasteiger partial charge in [0.05, 0.1) is 63.9 Å². The first-order chi connectivity index (χ1) is 50.5. The molecule has 0 atom stereocenters. The van der Waals surface area contributed by atoms with Crippen molar-refractivity contribution in [1.82, 2.24) is 39.8 Å². The van der Waals surface area contributed by atoms with Crippen molar-refractivity contribution < 1.29 is 24.1 Å². The van der Waals surface area contributed by atoms with Gasteiger partial charge in [0, 0.05) is 145 Å². The quantitative estimate of drug-likeness (QED) is 0.0673. The van der Waals surface area contributed by atoms with Crippen molar-refractivity contribution in [3.8, 4) is 29.1 Å². The summed E-state index contributed by atoms with van der Waals surface area (Å²) in [5.41, 5.74) is 9.20. The van der Waals surface area contributed by atoms with E-state index in [9.17, 15) is 5.11 Å². The molecule has 3 aliphatic carbocycles. The summed E-state index contributed by atoms with van der Waals surface area (Å²) in [7, 11) is 11.6. The molecule has 7 aliphatic rings. The van der Waals surface area contributed by atoms with Gasteiger partial charge in [0.2, 0.25) is 5.82 Å². The van der Waals surface area contributed by atoms with Crippen molar-refractivity contribution in [3.63, 3.8) is 0 Å². The van der Waals surface area contributed by atoms with Gasteiger partial charge in [-0.25, -0.2) is 34.9 Å². The number of benzene rings is 5. The number of morpholine rings is 1. The van der Waals surface area contributed by atoms with Crippen LogP contribution in [-0.2, 0) is 4.74 Å². The molecule has 1 N–H and O–H groups in total. The number of likely N-dealkylation sites (N-methyl/N-ethyl adjacent to an activating group) is 2. The lowest BCUT2D eigenvalue weighted by Crippen LogP contribution is -2.40. The lowest BCUT2D eigenvalue weighted by molar-refractivity contribution is 0.0392. The minimum atomic E-state index is 0.115. The number of anilines is 6. The largest absolute Gasteiger partial charge is 0.496 e. The summed E-state index contributed by atoms with van der Waals surface area (Å²) >= 11 is 0. The molecular weight excluding hydrogens is 1290 g/mol. The minimum absolute atomic E-state index is 0.115. The van der Waals surface area contributed by atoms with Crippen LogP contribution in [0.25, 0.3) is 32.7 Å². The predicted octanol–water partition coefficient (Wildman–Crippen LogP) is 14.0. The Morgan fingerprint density at radius 1 is 0.466 bits per heavy atom. The summed E-state index contributed by atoms with van der Waals surface area (Å²) in [5.74, 6) is 19.4. The van der Waals surface area contributed by atoms with E-state index in [-0.39, 0.29) is 6.61 Å². The summed E-state index contributed by atoms with van der Waals surface area (Å²) in [5, 5.41) is 12.7. The maximum atomic E-state index is 9.37. The standard InChI is InChI=1S/C29H38N6O2.C28H32N4O2.C27H34N4O/c1-33(13-14-34-15-17-37-18-16-34)27-19-24-25(20-30-27)31-28(22-7-8-22)32-29(24)35-11-9-21(10-12-35)23-5-3-4-6-26(23)36-2;1-31(17-18-33)22-10-11-25-24(19-22)28(30-27(29-25)12-9-20-7-8-20)32-15-13-21(14-16-32)23-5-3-4-6-26(23)34-2;1-4-15-30(2)21-11-12-23-24(18-21)28-26(20-9-10-20)29-27(23)31-16-13-19(14-17-31)22-7-5-6-8-25(22)32-3/h3-6,19-22H,7-18H2,1-2H3;3-6,10-11,19-21,33H,7-8,13-18H2,1-2H3;5-8,11-12,18-20H,4,9-10,13-17H2,1-3H3. The van der Waals surface area contributed by atoms with Crippen LogP contribution in [0.4, 0.5) is 34.6 Å². The zero-order chi connectivity index (χ0) is 70.8. The molecule has 16 rings (SSSR count). The van der Waals surface area contributed by atoms with Crippen LogP contribution in [-0.4, -0.2) is 186 Å². The molecule has 7 fully saturated rings. The molecule has 540 valence electrons. The summed E-state index contributed by atoms with van der Waals surface area (Å²) in [4.78, 5) is 51.2. The lowest BCUT2D eigenvalue weighted by atomic mass is 9.88. The summed E-state index contributed by atoms with van der Waals surface area (Å²) in [6, 6.07) is 40.5. The number of rotatable bonds is 21. The second-order valence-electron chi connectivity index (χ2n) is 29.2. The number of hydrogen-bond acceptors (Lipinski definition) is 19. The van der Waals surface area contributed by atoms with Gasteiger partial charge < -0.3 is 53.5 Å². The molecule has 3 saturated carbocycles. The number of piperidine rings is 3. The van der Waals surface area contributed by atoms with Gasteiger partial charge in [-0.2, -0.15) is 0 Å². The molecule has 0 radical (unpaired) electrons. The fourth-order valence-corrected chi connectivity index (χ4v) is 15.3. The van der Waals surface area contributed by atoms with E-state index in [0.29, 0.717) is 47.9 Å². The average Bonchev–Trinajstić information content (AvgIpc) is 1.38. The van der Waals surface area contributed by atoms with Crippen molar-refractivity contribution in [1.29, 1.82) is 0 Å². The Morgan fingerprint density at radius 2 is 0.951 bits per heavy atom. The fraction of sp³-hybridized carbons (Fsp3) is 0.488. The van der Waals surface area contributed by atoms with Crippen LogP contribution in [0.5, 0.6) is 17.2 Å². The number of aliphatic hydroxyl groups excluding tert-OH is 1. The highest BCUT2D eigenvalue weighted by Gasteiger charge is 2.34. The molecule has 0 bridgehead atoms. The van der Waals surface area contributed by atoms with Crippen LogP contribution < -0.4 is 43.6 Å². The Hall–Kier alpha value is -9.09. The Morgan fingerprint density at radius 3 is 1.47 bits per heavy atom. The molecule has 0 spiro atoms. The number of pyridine rings is 1. The van der Waals surface area contributed by atoms with Gasteiger partial charge in [0.15, 0.2) is 0 Å². The molecule has 5 aromatic carbocycles. The molecule has 8 heterocycles. The van der Waals surface area contributed by atoms with Crippen molar-refractivity contribution in [3.05, 3.63) is 156 Å². The third-order valence-corrected chi connectivity index (χ3v) is 22.0. The first-order valence-corrected chi connectivity index (χ1v) is 38.0. The summed E-state index contributed by atoms with van der Waals surface area (Å²) in [6.45, 7) is 15.4. The second-order valence-corrected chi connectivity index (χ2v) is 29.2. The topological polar surface area (TPSA) is 170 Å². The van der Waals surface area contributed by atoms with E-state index in [1.807, 2.05) is 31.4 Å². The van der Waals surface area contributed by atoms with Crippen LogP contribution in [0.2, 0.25) is 0 Å². The number of para-hydroxylation sites is 3. The van der Waals surface area contributed by atoms with Crippen molar-refractivity contribution in [2.45, 2.75) is 120 Å². The summed E-state index contributed by atoms with van der Waals surface area (Å²) < 4.78 is 22.4. The second kappa shape index (κ2) is 33.1. The Labute approximate surface area is 609 Å². The van der Waals surface area contributed by atoms with Gasteiger partial charge in [-0.05, 0) is 184 Å². The number of ether oxygens (including phenoxy) is 4. The highest BCUT2D eigenvalue weighted by atomic mass is 16.5. The number of fused-ring (bicyclic) bond motifs is 3. The van der Waals surface area contributed by atoms with E-state index in [0.717, 1.165) is 215 Å². The summed E-state index contributed by atoms with van der Waals surface area (Å²) in [6.07, 6.45) is 16.8. The maximum absolute atomic E-state index is 9.37. The van der Waals surface area contributed by atoms with E-state index in [4.69, 9.17) is 53.8 Å². The maximum Gasteiger partial charge on any atom is 0.207 e. The fourth-order valence-electron chi connectivity index (χ4n) is 15.3. The molecular formula is C84H104N14O5. The zero-order valence-electron chi connectivity index (χ0n) is 61.7. The van der Waals surface area contributed by atoms with Gasteiger partial charge in [0.1, 0.15) is 52.2 Å². The monoisotopic (exact) mass is 1390 g/mol. The molecule has 19 heteroatoms. The normalized spacial score (nSPS) is 17.6. The molecule has 4 saturated heterocycles. The SMILES string of the molecule is CCCN(C)c1ccc2c(N3CCC(c4ccccc4OC)CC3)nc(C3CC3)nc2c1.COc1ccccc1C1CCN(c2nc(C#CC3CC3)nc3ccc(N(C)CCO)cc23)CC1.COc1ccccc1C1CCN(c2nc(C3CC3)nc3cnc(N(C)CCN4CCOCC4)cc23)CC1. The minimum Gasteiger partial charge on any atom is -0.496 e. The molecule has 0 unspecified atom stereocenters. The molecule has 103 heavy (non-hydrogen) atoms. The number of methoxy groups -OCH3 is 3. The van der Waals surface area contributed by atoms with E-state index in [1.165, 1.54) is 66.3 Å². The number of hydrogen-bond donors (Lipinski definition) is 1. The van der Waals surface area contributed by atoms with Gasteiger partial charge in [-0.15, -0.1) is 0 Å². The first kappa shape index (κ1) is 70.9. The number of aromatic nitrogens is 7.